The topological polar surface area (TPSA) is 80.9 Å². The van der Waals surface area contributed by atoms with Gasteiger partial charge in [-0.25, -0.2) is 0 Å². The van der Waals surface area contributed by atoms with Crippen molar-refractivity contribution in [1.29, 1.82) is 0 Å². The molecule has 0 atom stereocenters. The summed E-state index contributed by atoms with van der Waals surface area (Å²) in [5.74, 6) is 0.864. The first kappa shape index (κ1) is 28.8. The van der Waals surface area contributed by atoms with E-state index in [2.05, 4.69) is 36.4 Å². The maximum Gasteiger partial charge on any atom is 0.118 e. The van der Waals surface area contributed by atoms with Gasteiger partial charge < -0.3 is 20.4 Å². The van der Waals surface area contributed by atoms with Crippen LogP contribution in [0, 0.1) is 41.5 Å². The minimum Gasteiger partial charge on any atom is -0.508 e. The number of rotatable bonds is 6. The zero-order valence-electron chi connectivity index (χ0n) is 25.0. The molecular formula is C38H38O4. The number of phenols is 4. The van der Waals surface area contributed by atoms with Gasteiger partial charge >= 0.3 is 0 Å². The molecule has 0 bridgehead atoms. The van der Waals surface area contributed by atoms with E-state index in [0.717, 1.165) is 66.8 Å². The molecule has 5 rings (SSSR count). The molecule has 0 saturated heterocycles. The predicted octanol–water partition coefficient (Wildman–Crippen LogP) is 8.72. The van der Waals surface area contributed by atoms with Crippen molar-refractivity contribution in [2.75, 3.05) is 0 Å². The van der Waals surface area contributed by atoms with Crippen LogP contribution in [-0.4, -0.2) is 20.4 Å². The van der Waals surface area contributed by atoms with Crippen molar-refractivity contribution in [3.63, 3.8) is 0 Å². The van der Waals surface area contributed by atoms with E-state index < -0.39 is 0 Å². The third kappa shape index (κ3) is 5.45. The monoisotopic (exact) mass is 558 g/mol. The number of hydrogen-bond donors (Lipinski definition) is 4. The lowest BCUT2D eigenvalue weighted by Crippen LogP contribution is -2.09. The van der Waals surface area contributed by atoms with Gasteiger partial charge in [-0.1, -0.05) is 60.7 Å². The first-order valence-corrected chi connectivity index (χ1v) is 14.2. The van der Waals surface area contributed by atoms with Crippen LogP contribution in [0.15, 0.2) is 84.9 Å². The lowest BCUT2D eigenvalue weighted by molar-refractivity contribution is 0.469. The number of aryl methyl sites for hydroxylation is 6. The minimum atomic E-state index is -0.108. The van der Waals surface area contributed by atoms with Crippen molar-refractivity contribution in [3.8, 4) is 23.0 Å². The van der Waals surface area contributed by atoms with Crippen LogP contribution in [0.25, 0.3) is 0 Å². The number of aromatic hydroxyl groups is 4. The molecule has 4 nitrogen and oxygen atoms in total. The molecule has 0 saturated carbocycles. The second kappa shape index (κ2) is 11.3. The second-order valence-electron chi connectivity index (χ2n) is 11.6. The fourth-order valence-corrected chi connectivity index (χ4v) is 5.97. The summed E-state index contributed by atoms with van der Waals surface area (Å²) in [6, 6.07) is 27.8. The van der Waals surface area contributed by atoms with E-state index in [1.54, 1.807) is 12.1 Å². The fraction of sp³-hybridized carbons (Fsp3) is 0.211. The molecule has 0 heterocycles. The molecule has 0 unspecified atom stereocenters. The largest absolute Gasteiger partial charge is 0.508 e. The molecule has 5 aromatic carbocycles. The standard InChI is InChI=1S/C38H38O4/c1-21-19-35(41)25(5)17-31(21)38(32-18-26(6)36(42)20-22(32)2)28-9-7-27(8-10-28)37(29-11-13-33(39)23(3)15-29)30-12-14-34(40)24(4)16-30/h7-20,37-42H,1-6H3. The summed E-state index contributed by atoms with van der Waals surface area (Å²) in [6.45, 7) is 11.7. The molecule has 0 spiro atoms. The maximum absolute atomic E-state index is 10.4. The summed E-state index contributed by atoms with van der Waals surface area (Å²) in [6.07, 6.45) is 0. The first-order chi connectivity index (χ1) is 19.9. The summed E-state index contributed by atoms with van der Waals surface area (Å²) in [5.41, 5.74) is 11.7. The van der Waals surface area contributed by atoms with Crippen molar-refractivity contribution >= 4 is 0 Å². The lowest BCUT2D eigenvalue weighted by Gasteiger charge is -2.25. The SMILES string of the molecule is Cc1cc(C(c2ccc(C(c3cc(C)c(O)cc3C)c3cc(C)c(O)cc3C)cc2)c2ccc(O)c(C)c2)ccc1O. The van der Waals surface area contributed by atoms with Crippen molar-refractivity contribution < 1.29 is 20.4 Å². The Morgan fingerprint density at radius 1 is 0.333 bits per heavy atom. The van der Waals surface area contributed by atoms with Crippen LogP contribution >= 0.6 is 0 Å². The summed E-state index contributed by atoms with van der Waals surface area (Å²) >= 11 is 0. The van der Waals surface area contributed by atoms with Gasteiger partial charge in [-0.05, 0) is 133 Å². The number of hydrogen-bond acceptors (Lipinski definition) is 4. The fourth-order valence-electron chi connectivity index (χ4n) is 5.97. The molecule has 5 aromatic rings. The van der Waals surface area contributed by atoms with E-state index in [-0.39, 0.29) is 34.8 Å². The van der Waals surface area contributed by atoms with Crippen LogP contribution < -0.4 is 0 Å². The van der Waals surface area contributed by atoms with Gasteiger partial charge in [0.25, 0.3) is 0 Å². The van der Waals surface area contributed by atoms with Crippen LogP contribution in [0.5, 0.6) is 23.0 Å². The van der Waals surface area contributed by atoms with Gasteiger partial charge in [-0.2, -0.15) is 0 Å². The van der Waals surface area contributed by atoms with E-state index in [1.807, 2.05) is 77.9 Å². The van der Waals surface area contributed by atoms with Crippen LogP contribution in [0.1, 0.15) is 78.6 Å². The average molecular weight is 559 g/mol. The Morgan fingerprint density at radius 3 is 1.05 bits per heavy atom. The predicted molar refractivity (Wildman–Crippen MR) is 169 cm³/mol. The van der Waals surface area contributed by atoms with E-state index in [0.29, 0.717) is 0 Å². The van der Waals surface area contributed by atoms with Gasteiger partial charge in [0.1, 0.15) is 23.0 Å². The smallest absolute Gasteiger partial charge is 0.118 e. The van der Waals surface area contributed by atoms with Crippen molar-refractivity contribution in [2.24, 2.45) is 0 Å². The van der Waals surface area contributed by atoms with E-state index in [9.17, 15) is 20.4 Å². The highest BCUT2D eigenvalue weighted by atomic mass is 16.3. The van der Waals surface area contributed by atoms with Crippen molar-refractivity contribution in [2.45, 2.75) is 53.4 Å². The average Bonchev–Trinajstić information content (AvgIpc) is 2.95. The minimum absolute atomic E-state index is 0.105. The highest BCUT2D eigenvalue weighted by Crippen LogP contribution is 2.41. The Kier molecular flexibility index (Phi) is 7.74. The Labute approximate surface area is 248 Å². The molecule has 4 heteroatoms. The van der Waals surface area contributed by atoms with Crippen molar-refractivity contribution in [3.05, 3.63) is 152 Å². The van der Waals surface area contributed by atoms with Gasteiger partial charge in [0.2, 0.25) is 0 Å². The van der Waals surface area contributed by atoms with Gasteiger partial charge in [0.15, 0.2) is 0 Å². The van der Waals surface area contributed by atoms with Crippen LogP contribution in [0.2, 0.25) is 0 Å². The summed E-state index contributed by atoms with van der Waals surface area (Å²) in [7, 11) is 0. The van der Waals surface area contributed by atoms with E-state index in [1.165, 1.54) is 0 Å². The molecule has 0 aliphatic heterocycles. The normalized spacial score (nSPS) is 11.4. The molecule has 0 amide bonds. The summed E-state index contributed by atoms with van der Waals surface area (Å²) < 4.78 is 0. The molecule has 0 fully saturated rings. The molecule has 0 aliphatic carbocycles. The lowest BCUT2D eigenvalue weighted by atomic mass is 9.78. The van der Waals surface area contributed by atoms with Crippen LogP contribution in [-0.2, 0) is 0 Å². The third-order valence-corrected chi connectivity index (χ3v) is 8.50. The Hall–Kier alpha value is -4.70. The Balaban J connectivity index is 1.68. The van der Waals surface area contributed by atoms with E-state index in [4.69, 9.17) is 0 Å². The zero-order valence-corrected chi connectivity index (χ0v) is 25.0. The first-order valence-electron chi connectivity index (χ1n) is 14.2. The molecule has 214 valence electrons. The van der Waals surface area contributed by atoms with E-state index >= 15 is 0 Å². The number of benzene rings is 5. The maximum atomic E-state index is 10.4. The quantitative estimate of drug-likeness (QED) is 0.157. The highest BCUT2D eigenvalue weighted by molar-refractivity contribution is 5.56. The second-order valence-corrected chi connectivity index (χ2v) is 11.6. The third-order valence-electron chi connectivity index (χ3n) is 8.50. The Morgan fingerprint density at radius 2 is 0.667 bits per heavy atom. The zero-order chi connectivity index (χ0) is 30.3. The summed E-state index contributed by atoms with van der Waals surface area (Å²) in [5, 5.41) is 41.2. The Bertz CT molecular complexity index is 1670. The van der Waals surface area contributed by atoms with Crippen molar-refractivity contribution in [1.82, 2.24) is 0 Å². The molecule has 4 N–H and O–H groups in total. The van der Waals surface area contributed by atoms with Gasteiger partial charge in [-0.15, -0.1) is 0 Å². The summed E-state index contributed by atoms with van der Waals surface area (Å²) in [4.78, 5) is 0. The molecule has 0 aliphatic rings. The van der Waals surface area contributed by atoms with Crippen LogP contribution in [0.4, 0.5) is 0 Å². The van der Waals surface area contributed by atoms with Gasteiger partial charge in [0.05, 0.1) is 0 Å². The van der Waals surface area contributed by atoms with Gasteiger partial charge in [0, 0.05) is 11.8 Å². The van der Waals surface area contributed by atoms with Gasteiger partial charge in [-0.3, -0.25) is 0 Å². The molecule has 0 aromatic heterocycles. The molecular weight excluding hydrogens is 520 g/mol. The molecule has 0 radical (unpaired) electrons. The number of phenolic OH excluding ortho intramolecular Hbond substituents is 4. The highest BCUT2D eigenvalue weighted by Gasteiger charge is 2.24. The molecule has 42 heavy (non-hydrogen) atoms. The van der Waals surface area contributed by atoms with Crippen LogP contribution in [0.3, 0.4) is 0 Å².